The number of ether oxygens (including phenoxy) is 2. The van der Waals surface area contributed by atoms with E-state index in [1.54, 1.807) is 32.4 Å². The molecule has 0 spiro atoms. The first-order valence-corrected chi connectivity index (χ1v) is 9.45. The van der Waals surface area contributed by atoms with Crippen LogP contribution in [0.15, 0.2) is 40.9 Å². The zero-order chi connectivity index (χ0) is 18.7. The van der Waals surface area contributed by atoms with Crippen LogP contribution in [-0.2, 0) is 4.79 Å². The Labute approximate surface area is 167 Å². The van der Waals surface area contributed by atoms with Gasteiger partial charge in [0.05, 0.1) is 28.9 Å². The van der Waals surface area contributed by atoms with Crippen LogP contribution in [0.25, 0.3) is 16.3 Å². The minimum Gasteiger partial charge on any atom is -0.493 e. The number of amides is 1. The van der Waals surface area contributed by atoms with E-state index in [1.165, 1.54) is 17.4 Å². The Hall–Kier alpha value is -2.09. The molecule has 0 aliphatic rings. The standard InChI is InChI=1S/C18H14BrClN2O3S/c1-24-14-8-10(7-12(19)17(14)25-2)3-6-16(23)22-18-21-13-5-4-11(20)9-15(13)26-18/h3-9H,1-2H3,(H,21,22,23)/b6-3+. The summed E-state index contributed by atoms with van der Waals surface area (Å²) in [5, 5.41) is 3.91. The van der Waals surface area contributed by atoms with Crippen molar-refractivity contribution in [2.24, 2.45) is 0 Å². The van der Waals surface area contributed by atoms with E-state index in [-0.39, 0.29) is 5.91 Å². The molecule has 0 saturated heterocycles. The van der Waals surface area contributed by atoms with Gasteiger partial charge in [0, 0.05) is 11.1 Å². The van der Waals surface area contributed by atoms with Gasteiger partial charge in [-0.1, -0.05) is 22.9 Å². The topological polar surface area (TPSA) is 60.5 Å². The molecule has 0 fully saturated rings. The fraction of sp³-hybridized carbons (Fsp3) is 0.111. The lowest BCUT2D eigenvalue weighted by Crippen LogP contribution is -2.07. The largest absolute Gasteiger partial charge is 0.493 e. The van der Waals surface area contributed by atoms with Gasteiger partial charge in [0.1, 0.15) is 0 Å². The molecular weight excluding hydrogens is 440 g/mol. The predicted octanol–water partition coefficient (Wildman–Crippen LogP) is 5.38. The third kappa shape index (κ3) is 4.17. The number of carbonyl (C=O) groups excluding carboxylic acids is 1. The number of halogens is 2. The lowest BCUT2D eigenvalue weighted by Gasteiger charge is -2.10. The number of thiazole rings is 1. The Balaban J connectivity index is 1.75. The molecule has 3 aromatic rings. The number of nitrogens with zero attached hydrogens (tertiary/aromatic N) is 1. The quantitative estimate of drug-likeness (QED) is 0.527. The molecule has 0 aliphatic carbocycles. The number of nitrogens with one attached hydrogen (secondary N) is 1. The molecule has 5 nitrogen and oxygen atoms in total. The van der Waals surface area contributed by atoms with Crippen LogP contribution in [0.2, 0.25) is 5.02 Å². The smallest absolute Gasteiger partial charge is 0.250 e. The highest BCUT2D eigenvalue weighted by atomic mass is 79.9. The van der Waals surface area contributed by atoms with E-state index in [0.29, 0.717) is 21.7 Å². The molecule has 0 atom stereocenters. The molecule has 0 unspecified atom stereocenters. The van der Waals surface area contributed by atoms with Gasteiger partial charge in [-0.25, -0.2) is 4.98 Å². The van der Waals surface area contributed by atoms with Crippen LogP contribution in [0.5, 0.6) is 11.5 Å². The SMILES string of the molecule is COc1cc(/C=C/C(=O)Nc2nc3ccc(Cl)cc3s2)cc(Br)c1OC. The van der Waals surface area contributed by atoms with Crippen LogP contribution < -0.4 is 14.8 Å². The minimum atomic E-state index is -0.277. The van der Waals surface area contributed by atoms with Crippen LogP contribution in [-0.4, -0.2) is 25.1 Å². The molecule has 3 rings (SSSR count). The van der Waals surface area contributed by atoms with Crippen LogP contribution in [0.1, 0.15) is 5.56 Å². The lowest BCUT2D eigenvalue weighted by molar-refractivity contribution is -0.111. The van der Waals surface area contributed by atoms with Gasteiger partial charge in [-0.15, -0.1) is 0 Å². The average Bonchev–Trinajstić information content (AvgIpc) is 3.00. The maximum Gasteiger partial charge on any atom is 0.250 e. The summed E-state index contributed by atoms with van der Waals surface area (Å²) >= 11 is 10.8. The number of fused-ring (bicyclic) bond motifs is 1. The molecule has 0 bridgehead atoms. The van der Waals surface area contributed by atoms with Gasteiger partial charge in [-0.05, 0) is 57.9 Å². The van der Waals surface area contributed by atoms with Crippen molar-refractivity contribution in [3.8, 4) is 11.5 Å². The zero-order valence-electron chi connectivity index (χ0n) is 13.9. The lowest BCUT2D eigenvalue weighted by atomic mass is 10.2. The highest BCUT2D eigenvalue weighted by Gasteiger charge is 2.10. The van der Waals surface area contributed by atoms with Crippen LogP contribution in [0, 0.1) is 0 Å². The summed E-state index contributed by atoms with van der Waals surface area (Å²) in [4.78, 5) is 16.5. The van der Waals surface area contributed by atoms with Crippen molar-refractivity contribution in [3.05, 3.63) is 51.5 Å². The molecule has 26 heavy (non-hydrogen) atoms. The molecule has 2 aromatic carbocycles. The maximum absolute atomic E-state index is 12.2. The van der Waals surface area contributed by atoms with Crippen molar-refractivity contribution in [2.75, 3.05) is 19.5 Å². The van der Waals surface area contributed by atoms with E-state index in [9.17, 15) is 4.79 Å². The highest BCUT2D eigenvalue weighted by Crippen LogP contribution is 2.36. The molecule has 0 saturated carbocycles. The summed E-state index contributed by atoms with van der Waals surface area (Å²) in [6, 6.07) is 9.03. The monoisotopic (exact) mass is 452 g/mol. The fourth-order valence-corrected chi connectivity index (χ4v) is 4.07. The number of carbonyl (C=O) groups is 1. The first-order chi connectivity index (χ1) is 12.5. The molecule has 134 valence electrons. The summed E-state index contributed by atoms with van der Waals surface area (Å²) in [6.45, 7) is 0. The van der Waals surface area contributed by atoms with Gasteiger partial charge < -0.3 is 9.47 Å². The number of hydrogen-bond acceptors (Lipinski definition) is 5. The predicted molar refractivity (Wildman–Crippen MR) is 110 cm³/mol. The molecule has 1 amide bonds. The van der Waals surface area contributed by atoms with Gasteiger partial charge in [0.2, 0.25) is 5.91 Å². The zero-order valence-corrected chi connectivity index (χ0v) is 17.0. The molecule has 0 aliphatic heterocycles. The first-order valence-electron chi connectivity index (χ1n) is 7.47. The second kappa shape index (κ2) is 8.07. The van der Waals surface area contributed by atoms with Crippen molar-refractivity contribution in [1.29, 1.82) is 0 Å². The van der Waals surface area contributed by atoms with Crippen molar-refractivity contribution >= 4 is 66.2 Å². The summed E-state index contributed by atoms with van der Waals surface area (Å²) in [7, 11) is 3.13. The Morgan fingerprint density at radius 3 is 2.81 bits per heavy atom. The molecule has 8 heteroatoms. The van der Waals surface area contributed by atoms with Crippen molar-refractivity contribution in [2.45, 2.75) is 0 Å². The van der Waals surface area contributed by atoms with E-state index < -0.39 is 0 Å². The second-order valence-electron chi connectivity index (χ2n) is 5.19. The Kier molecular flexibility index (Phi) is 5.80. The molecular formula is C18H14BrClN2O3S. The van der Waals surface area contributed by atoms with E-state index in [0.717, 1.165) is 20.3 Å². The molecule has 1 N–H and O–H groups in total. The van der Waals surface area contributed by atoms with Crippen LogP contribution >= 0.6 is 38.9 Å². The number of aromatic nitrogens is 1. The summed E-state index contributed by atoms with van der Waals surface area (Å²) in [5.74, 6) is 0.897. The van der Waals surface area contributed by atoms with Gasteiger partial charge >= 0.3 is 0 Å². The van der Waals surface area contributed by atoms with Gasteiger partial charge in [0.25, 0.3) is 0 Å². The number of rotatable bonds is 5. The molecule has 1 aromatic heterocycles. The van der Waals surface area contributed by atoms with E-state index in [1.807, 2.05) is 18.2 Å². The first kappa shape index (κ1) is 18.7. The number of methoxy groups -OCH3 is 2. The summed E-state index contributed by atoms with van der Waals surface area (Å²) in [6.07, 6.45) is 3.12. The summed E-state index contributed by atoms with van der Waals surface area (Å²) < 4.78 is 12.2. The Morgan fingerprint density at radius 2 is 2.08 bits per heavy atom. The van der Waals surface area contributed by atoms with Gasteiger partial charge in [-0.2, -0.15) is 0 Å². The third-order valence-corrected chi connectivity index (χ3v) is 5.22. The van der Waals surface area contributed by atoms with Crippen molar-refractivity contribution < 1.29 is 14.3 Å². The van der Waals surface area contributed by atoms with E-state index in [2.05, 4.69) is 26.2 Å². The average molecular weight is 454 g/mol. The van der Waals surface area contributed by atoms with Crippen LogP contribution in [0.3, 0.4) is 0 Å². The summed E-state index contributed by atoms with van der Waals surface area (Å²) in [5.41, 5.74) is 1.59. The third-order valence-electron chi connectivity index (χ3n) is 3.46. The van der Waals surface area contributed by atoms with E-state index >= 15 is 0 Å². The second-order valence-corrected chi connectivity index (χ2v) is 7.51. The van der Waals surface area contributed by atoms with Crippen LogP contribution in [0.4, 0.5) is 5.13 Å². The maximum atomic E-state index is 12.2. The number of benzene rings is 2. The minimum absolute atomic E-state index is 0.277. The van der Waals surface area contributed by atoms with Crippen molar-refractivity contribution in [3.63, 3.8) is 0 Å². The highest BCUT2D eigenvalue weighted by molar-refractivity contribution is 9.10. The molecule has 0 radical (unpaired) electrons. The fourth-order valence-electron chi connectivity index (χ4n) is 2.30. The number of hydrogen-bond donors (Lipinski definition) is 1. The van der Waals surface area contributed by atoms with Crippen molar-refractivity contribution in [1.82, 2.24) is 4.98 Å². The normalized spacial score (nSPS) is 11.1. The Morgan fingerprint density at radius 1 is 1.27 bits per heavy atom. The molecule has 1 heterocycles. The van der Waals surface area contributed by atoms with Gasteiger partial charge in [-0.3, -0.25) is 10.1 Å². The number of anilines is 1. The van der Waals surface area contributed by atoms with E-state index in [4.69, 9.17) is 21.1 Å². The van der Waals surface area contributed by atoms with Gasteiger partial charge in [0.15, 0.2) is 16.6 Å². The Bertz CT molecular complexity index is 1000.